The second kappa shape index (κ2) is 8.78. The van der Waals surface area contributed by atoms with E-state index in [-0.39, 0.29) is 29.8 Å². The van der Waals surface area contributed by atoms with Crippen LogP contribution in [0.25, 0.3) is 0 Å². The number of hydrogen-bond acceptors (Lipinski definition) is 3. The van der Waals surface area contributed by atoms with Crippen LogP contribution in [0.3, 0.4) is 0 Å². The molecule has 29 heavy (non-hydrogen) atoms. The number of benzene rings is 2. The van der Waals surface area contributed by atoms with Crippen molar-refractivity contribution < 1.29 is 9.59 Å². The largest absolute Gasteiger partial charge is 0.332 e. The Bertz CT molecular complexity index is 850. The molecule has 152 valence electrons. The van der Waals surface area contributed by atoms with Crippen molar-refractivity contribution in [1.29, 1.82) is 0 Å². The van der Waals surface area contributed by atoms with Crippen LogP contribution in [0.5, 0.6) is 0 Å². The molecule has 2 amide bonds. The van der Waals surface area contributed by atoms with E-state index >= 15 is 0 Å². The molecule has 4 rings (SSSR count). The minimum atomic E-state index is -0.00453. The number of hydrogen-bond donors (Lipinski definition) is 2. The van der Waals surface area contributed by atoms with E-state index in [9.17, 15) is 9.59 Å². The summed E-state index contributed by atoms with van der Waals surface area (Å²) >= 11 is 0. The molecule has 1 heterocycles. The zero-order valence-corrected chi connectivity index (χ0v) is 16.7. The number of carbonyl (C=O) groups excluding carboxylic acids is 2. The number of carbonyl (C=O) groups is 2. The molecule has 3 N–H and O–H groups in total. The third-order valence-corrected chi connectivity index (χ3v) is 6.28. The number of anilines is 1. The smallest absolute Gasteiger partial charge is 0.254 e. The first-order valence-corrected chi connectivity index (χ1v) is 10.6. The van der Waals surface area contributed by atoms with Crippen molar-refractivity contribution in [3.63, 3.8) is 0 Å². The number of likely N-dealkylation sites (tertiary alicyclic amines) is 1. The number of nitrogens with one attached hydrogen (secondary N) is 1. The van der Waals surface area contributed by atoms with E-state index in [1.807, 2.05) is 35.2 Å². The summed E-state index contributed by atoms with van der Waals surface area (Å²) in [7, 11) is 0. The van der Waals surface area contributed by atoms with Crippen molar-refractivity contribution in [3.05, 3.63) is 65.7 Å². The van der Waals surface area contributed by atoms with Crippen LogP contribution in [0.2, 0.25) is 0 Å². The molecule has 2 aromatic carbocycles. The minimum absolute atomic E-state index is 0.00453. The lowest BCUT2D eigenvalue weighted by molar-refractivity contribution is -0.117. The van der Waals surface area contributed by atoms with Crippen LogP contribution in [0.4, 0.5) is 5.69 Å². The summed E-state index contributed by atoms with van der Waals surface area (Å²) in [4.78, 5) is 27.3. The van der Waals surface area contributed by atoms with Gasteiger partial charge in [-0.15, -0.1) is 0 Å². The number of amides is 2. The van der Waals surface area contributed by atoms with E-state index in [0.717, 1.165) is 44.3 Å². The molecule has 2 aliphatic rings. The monoisotopic (exact) mass is 391 g/mol. The van der Waals surface area contributed by atoms with Gasteiger partial charge in [0.1, 0.15) is 0 Å². The van der Waals surface area contributed by atoms with Gasteiger partial charge in [0.05, 0.1) is 6.04 Å². The van der Waals surface area contributed by atoms with Crippen molar-refractivity contribution in [2.45, 2.75) is 50.6 Å². The maximum atomic E-state index is 13.1. The summed E-state index contributed by atoms with van der Waals surface area (Å²) in [6.07, 6.45) is 5.62. The summed E-state index contributed by atoms with van der Waals surface area (Å²) in [5, 5.41) is 2.94. The second-order valence-corrected chi connectivity index (χ2v) is 8.25. The molecule has 0 bridgehead atoms. The highest BCUT2D eigenvalue weighted by Gasteiger charge is 2.30. The molecule has 1 aliphatic carbocycles. The van der Waals surface area contributed by atoms with Crippen molar-refractivity contribution in [2.24, 2.45) is 11.7 Å². The summed E-state index contributed by atoms with van der Waals surface area (Å²) < 4.78 is 0. The van der Waals surface area contributed by atoms with E-state index in [0.29, 0.717) is 12.0 Å². The fourth-order valence-corrected chi connectivity index (χ4v) is 4.66. The highest BCUT2D eigenvalue weighted by atomic mass is 16.2. The Hall–Kier alpha value is -2.66. The average molecular weight is 392 g/mol. The topological polar surface area (TPSA) is 75.4 Å². The van der Waals surface area contributed by atoms with Gasteiger partial charge in [-0.1, -0.05) is 36.8 Å². The third-order valence-electron chi connectivity index (χ3n) is 6.28. The highest BCUT2D eigenvalue weighted by molar-refractivity contribution is 5.96. The normalized spacial score (nSPS) is 23.9. The molecule has 3 atom stereocenters. The fraction of sp³-hybridized carbons (Fsp3) is 0.417. The highest BCUT2D eigenvalue weighted by Crippen LogP contribution is 2.33. The molecule has 5 nitrogen and oxygen atoms in total. The summed E-state index contributed by atoms with van der Waals surface area (Å²) in [5.74, 6) is 0.321. The molecule has 1 saturated carbocycles. The van der Waals surface area contributed by atoms with Crippen LogP contribution in [0, 0.1) is 5.92 Å². The van der Waals surface area contributed by atoms with Crippen molar-refractivity contribution >= 4 is 17.5 Å². The van der Waals surface area contributed by atoms with Gasteiger partial charge in [0.25, 0.3) is 5.91 Å². The summed E-state index contributed by atoms with van der Waals surface area (Å²) in [6, 6.07) is 17.7. The SMILES string of the molecule is N[C@@H]1CCC[C@H]1CC(=O)Nc1ccc(C(=O)N2CCCC2c2ccccc2)cc1. The summed E-state index contributed by atoms with van der Waals surface area (Å²) in [5.41, 5.74) is 8.63. The van der Waals surface area contributed by atoms with Crippen LogP contribution < -0.4 is 11.1 Å². The molecule has 5 heteroatoms. The third kappa shape index (κ3) is 4.51. The van der Waals surface area contributed by atoms with E-state index in [1.54, 1.807) is 12.1 Å². The Balaban J connectivity index is 1.38. The van der Waals surface area contributed by atoms with Gasteiger partial charge in [-0.05, 0) is 61.4 Å². The first-order valence-electron chi connectivity index (χ1n) is 10.6. The van der Waals surface area contributed by atoms with Gasteiger partial charge in [0.2, 0.25) is 5.91 Å². The minimum Gasteiger partial charge on any atom is -0.332 e. The average Bonchev–Trinajstić information content (AvgIpc) is 3.38. The number of nitrogens with zero attached hydrogens (tertiary/aromatic N) is 1. The number of rotatable bonds is 5. The standard InChI is InChI=1S/C24H29N3O2/c25-21-9-4-8-19(21)16-23(28)26-20-13-11-18(12-14-20)24(29)27-15-5-10-22(27)17-6-2-1-3-7-17/h1-3,6-7,11-14,19,21-22H,4-5,8-10,15-16,25H2,(H,26,28)/t19-,21+,22?/m0/s1. The molecular weight excluding hydrogens is 362 g/mol. The Kier molecular flexibility index (Phi) is 5.95. The van der Waals surface area contributed by atoms with Gasteiger partial charge < -0.3 is 16.0 Å². The number of nitrogens with two attached hydrogens (primary N) is 1. The van der Waals surface area contributed by atoms with E-state index < -0.39 is 0 Å². The molecule has 1 saturated heterocycles. The lowest BCUT2D eigenvalue weighted by Gasteiger charge is -2.25. The van der Waals surface area contributed by atoms with E-state index in [2.05, 4.69) is 17.4 Å². The predicted molar refractivity (Wildman–Crippen MR) is 114 cm³/mol. The molecule has 0 spiro atoms. The Morgan fingerprint density at radius 1 is 0.966 bits per heavy atom. The molecule has 2 fully saturated rings. The Morgan fingerprint density at radius 2 is 1.72 bits per heavy atom. The lowest BCUT2D eigenvalue weighted by atomic mass is 10.00. The summed E-state index contributed by atoms with van der Waals surface area (Å²) in [6.45, 7) is 0.776. The first kappa shape index (κ1) is 19.6. The lowest BCUT2D eigenvalue weighted by Crippen LogP contribution is -2.30. The van der Waals surface area contributed by atoms with Crippen LogP contribution in [0.1, 0.15) is 60.5 Å². The van der Waals surface area contributed by atoms with Gasteiger partial charge in [-0.2, -0.15) is 0 Å². The van der Waals surface area contributed by atoms with Crippen molar-refractivity contribution in [1.82, 2.24) is 4.90 Å². The Labute approximate surface area is 172 Å². The van der Waals surface area contributed by atoms with Gasteiger partial charge in [-0.3, -0.25) is 9.59 Å². The molecule has 1 aliphatic heterocycles. The van der Waals surface area contributed by atoms with Gasteiger partial charge in [-0.25, -0.2) is 0 Å². The molecule has 0 radical (unpaired) electrons. The zero-order valence-electron chi connectivity index (χ0n) is 16.7. The van der Waals surface area contributed by atoms with Crippen LogP contribution >= 0.6 is 0 Å². The maximum Gasteiger partial charge on any atom is 0.254 e. The van der Waals surface area contributed by atoms with Crippen LogP contribution in [-0.2, 0) is 4.79 Å². The first-order chi connectivity index (χ1) is 14.1. The fourth-order valence-electron chi connectivity index (χ4n) is 4.66. The predicted octanol–water partition coefficient (Wildman–Crippen LogP) is 4.12. The van der Waals surface area contributed by atoms with Gasteiger partial charge in [0, 0.05) is 30.3 Å². The molecule has 0 aromatic heterocycles. The van der Waals surface area contributed by atoms with Crippen LogP contribution in [-0.4, -0.2) is 29.3 Å². The van der Waals surface area contributed by atoms with Gasteiger partial charge in [0.15, 0.2) is 0 Å². The molecular formula is C24H29N3O2. The van der Waals surface area contributed by atoms with E-state index in [1.165, 1.54) is 5.56 Å². The second-order valence-electron chi connectivity index (χ2n) is 8.25. The van der Waals surface area contributed by atoms with Crippen molar-refractivity contribution in [3.8, 4) is 0 Å². The van der Waals surface area contributed by atoms with Crippen molar-refractivity contribution in [2.75, 3.05) is 11.9 Å². The van der Waals surface area contributed by atoms with E-state index in [4.69, 9.17) is 5.73 Å². The molecule has 1 unspecified atom stereocenters. The zero-order chi connectivity index (χ0) is 20.2. The Morgan fingerprint density at radius 3 is 2.41 bits per heavy atom. The van der Waals surface area contributed by atoms with Crippen LogP contribution in [0.15, 0.2) is 54.6 Å². The maximum absolute atomic E-state index is 13.1. The molecule has 2 aromatic rings. The van der Waals surface area contributed by atoms with Gasteiger partial charge >= 0.3 is 0 Å². The quantitative estimate of drug-likeness (QED) is 0.805.